The highest BCUT2D eigenvalue weighted by Crippen LogP contribution is 2.70. The van der Waals surface area contributed by atoms with Gasteiger partial charge in [-0.25, -0.2) is 0 Å². The zero-order chi connectivity index (χ0) is 37.6. The fourth-order valence-corrected chi connectivity index (χ4v) is 12.9. The third kappa shape index (κ3) is 4.80. The maximum absolute atomic E-state index is 16.1. The van der Waals surface area contributed by atoms with Gasteiger partial charge in [0.05, 0.1) is 31.1 Å². The van der Waals surface area contributed by atoms with Crippen molar-refractivity contribution in [3.8, 4) is 27.9 Å². The molecule has 2 unspecified atom stereocenters. The topological polar surface area (TPSA) is 28.5 Å². The Hall–Kier alpha value is -5.88. The molecule has 1 aliphatic carbocycles. The molecule has 0 amide bonds. The fraction of sp³-hybridized carbons (Fsp3) is 0.0400. The average molecular weight is 852 g/mol. The van der Waals surface area contributed by atoms with E-state index in [1.54, 1.807) is 0 Å². The van der Waals surface area contributed by atoms with Crippen molar-refractivity contribution in [3.05, 3.63) is 205 Å². The Labute approximate surface area is 339 Å². The lowest BCUT2D eigenvalue weighted by atomic mass is 9.97. The van der Waals surface area contributed by atoms with E-state index >= 15 is 4.57 Å². The van der Waals surface area contributed by atoms with Crippen LogP contribution in [-0.2, 0) is 7.99 Å². The van der Waals surface area contributed by atoms with Crippen molar-refractivity contribution in [1.29, 1.82) is 0 Å². The first-order valence-corrected chi connectivity index (χ1v) is 21.6. The number of fused-ring (bicyclic) bond motifs is 7. The van der Waals surface area contributed by atoms with Gasteiger partial charge in [-0.2, -0.15) is 0 Å². The Bertz CT molecular complexity index is 3040. The zero-order valence-electron chi connectivity index (χ0n) is 30.6. The van der Waals surface area contributed by atoms with E-state index in [1.165, 1.54) is 38.5 Å². The van der Waals surface area contributed by atoms with Gasteiger partial charge < -0.3 is 4.57 Å². The number of para-hydroxylation sites is 3. The second-order valence-corrected chi connectivity index (χ2v) is 19.3. The first-order chi connectivity index (χ1) is 27.4. The summed E-state index contributed by atoms with van der Waals surface area (Å²) < 4.78 is 22.5. The van der Waals surface area contributed by atoms with Crippen molar-refractivity contribution < 1.29 is 4.57 Å². The molecule has 0 saturated carbocycles. The highest BCUT2D eigenvalue weighted by atomic mass is 127. The maximum atomic E-state index is 16.1. The Morgan fingerprint density at radius 1 is 0.464 bits per heavy atom. The molecule has 1 aromatic heterocycles. The summed E-state index contributed by atoms with van der Waals surface area (Å²) in [5.41, 5.74) is 14.6. The summed E-state index contributed by atoms with van der Waals surface area (Å²) >= 11 is 2.63. The van der Waals surface area contributed by atoms with Crippen molar-refractivity contribution in [2.24, 2.45) is 0 Å². The first-order valence-electron chi connectivity index (χ1n) is 18.9. The van der Waals surface area contributed by atoms with E-state index in [4.69, 9.17) is 0 Å². The van der Waals surface area contributed by atoms with Crippen LogP contribution in [0.2, 0.25) is 0 Å². The van der Waals surface area contributed by atoms with Gasteiger partial charge in [0.15, 0.2) is 0 Å². The van der Waals surface area contributed by atoms with Gasteiger partial charge >= 0.3 is 7.44 Å². The lowest BCUT2D eigenvalue weighted by Crippen LogP contribution is -2.26. The number of halogens is 1. The normalized spacial score (nSPS) is 18.3. The molecule has 4 nitrogen and oxygen atoms in total. The van der Waals surface area contributed by atoms with Gasteiger partial charge in [-0.1, -0.05) is 132 Å². The van der Waals surface area contributed by atoms with Crippen LogP contribution in [0.4, 0.5) is 22.7 Å². The lowest BCUT2D eigenvalue weighted by Gasteiger charge is -2.33. The predicted molar refractivity (Wildman–Crippen MR) is 243 cm³/mol. The fourth-order valence-electron chi connectivity index (χ4n) is 9.00. The van der Waals surface area contributed by atoms with Crippen molar-refractivity contribution in [2.45, 2.75) is 10.3 Å². The van der Waals surface area contributed by atoms with Gasteiger partial charge in [0.1, 0.15) is 0 Å². The molecule has 2 aliphatic rings. The Morgan fingerprint density at radius 2 is 1.00 bits per heavy atom. The van der Waals surface area contributed by atoms with Gasteiger partial charge in [0.2, 0.25) is 0 Å². The van der Waals surface area contributed by atoms with Crippen molar-refractivity contribution >= 4 is 79.9 Å². The van der Waals surface area contributed by atoms with E-state index in [9.17, 15) is 0 Å². The third-order valence-corrected chi connectivity index (χ3v) is 15.7. The van der Waals surface area contributed by atoms with Crippen LogP contribution >= 0.6 is 30.0 Å². The van der Waals surface area contributed by atoms with E-state index in [1.807, 2.05) is 78.9 Å². The predicted octanol–water partition coefficient (Wildman–Crippen LogP) is 13.9. The standard InChI is InChI=1S/C50H35IN3OP/c1-50(51)44-25-15-14-24-40(44)41-32-43-42-30-34(26-28-46(42)52(48(43)33-45(41)50)36-16-6-2-7-17-36)35-27-29-47-49(31-35)54(38-20-10-4-11-21-38)56(55,39-22-12-5-13-23-39)53(47)37-18-8-3-9-19-37/h2-33H,1H3. The molecule has 0 N–H and O–H groups in total. The van der Waals surface area contributed by atoms with Gasteiger partial charge in [-0.05, 0) is 125 Å². The highest BCUT2D eigenvalue weighted by molar-refractivity contribution is 14.1. The molecular formula is C50H35IN3OP. The van der Waals surface area contributed by atoms with Crippen LogP contribution in [0.3, 0.4) is 0 Å². The number of rotatable bonds is 5. The molecule has 11 rings (SSSR count). The number of hydrogen-bond donors (Lipinski definition) is 0. The van der Waals surface area contributed by atoms with Crippen LogP contribution in [0.1, 0.15) is 18.1 Å². The number of anilines is 4. The monoisotopic (exact) mass is 851 g/mol. The molecule has 9 aromatic rings. The van der Waals surface area contributed by atoms with E-state index in [2.05, 4.69) is 159 Å². The molecule has 8 aromatic carbocycles. The minimum atomic E-state index is -3.46. The second-order valence-electron chi connectivity index (χ2n) is 14.7. The molecule has 0 saturated heterocycles. The summed E-state index contributed by atoms with van der Waals surface area (Å²) in [7, 11) is -3.46. The smallest absolute Gasteiger partial charge is 0.301 e. The molecule has 2 atom stereocenters. The van der Waals surface area contributed by atoms with Gasteiger partial charge in [-0.3, -0.25) is 13.9 Å². The van der Waals surface area contributed by atoms with Crippen LogP contribution < -0.4 is 14.6 Å². The summed E-state index contributed by atoms with van der Waals surface area (Å²) in [4.78, 5) is 0. The number of nitrogens with zero attached hydrogens (tertiary/aromatic N) is 3. The minimum Gasteiger partial charge on any atom is -0.309 e. The number of hydrogen-bond acceptors (Lipinski definition) is 1. The quantitative estimate of drug-likeness (QED) is 0.0981. The molecule has 0 radical (unpaired) electrons. The van der Waals surface area contributed by atoms with Crippen LogP contribution in [-0.4, -0.2) is 4.57 Å². The van der Waals surface area contributed by atoms with Crippen LogP contribution in [0.5, 0.6) is 0 Å². The molecule has 268 valence electrons. The van der Waals surface area contributed by atoms with Gasteiger partial charge in [-0.15, -0.1) is 0 Å². The van der Waals surface area contributed by atoms with Crippen LogP contribution in [0, 0.1) is 0 Å². The van der Waals surface area contributed by atoms with Crippen molar-refractivity contribution in [1.82, 2.24) is 4.57 Å². The first kappa shape index (κ1) is 33.5. The molecule has 0 spiro atoms. The summed E-state index contributed by atoms with van der Waals surface area (Å²) in [5, 5.41) is 3.20. The Morgan fingerprint density at radius 3 is 1.68 bits per heavy atom. The third-order valence-electron chi connectivity index (χ3n) is 11.5. The van der Waals surface area contributed by atoms with Gasteiger partial charge in [0, 0.05) is 27.8 Å². The average Bonchev–Trinajstić information content (AvgIpc) is 3.80. The summed E-state index contributed by atoms with van der Waals surface area (Å²) in [6, 6.07) is 68.0. The minimum absolute atomic E-state index is 0.136. The molecular weight excluding hydrogens is 816 g/mol. The largest absolute Gasteiger partial charge is 0.309 e. The molecule has 0 bridgehead atoms. The van der Waals surface area contributed by atoms with Crippen molar-refractivity contribution in [2.75, 3.05) is 9.34 Å². The number of benzene rings is 8. The summed E-state index contributed by atoms with van der Waals surface area (Å²) in [6.07, 6.45) is 0. The second kappa shape index (κ2) is 12.6. The molecule has 0 fully saturated rings. The van der Waals surface area contributed by atoms with Crippen LogP contribution in [0.15, 0.2) is 194 Å². The zero-order valence-corrected chi connectivity index (χ0v) is 33.6. The van der Waals surface area contributed by atoms with E-state index in [0.717, 1.165) is 50.4 Å². The molecule has 2 heterocycles. The Kier molecular flexibility index (Phi) is 7.51. The van der Waals surface area contributed by atoms with Crippen LogP contribution in [0.25, 0.3) is 49.7 Å². The van der Waals surface area contributed by atoms with E-state index in [0.29, 0.717) is 0 Å². The van der Waals surface area contributed by atoms with Gasteiger partial charge in [0.25, 0.3) is 0 Å². The highest BCUT2D eigenvalue weighted by Gasteiger charge is 2.49. The van der Waals surface area contributed by atoms with Crippen molar-refractivity contribution in [3.63, 3.8) is 0 Å². The molecule has 56 heavy (non-hydrogen) atoms. The summed E-state index contributed by atoms with van der Waals surface area (Å²) in [5.74, 6) is 0. The summed E-state index contributed by atoms with van der Waals surface area (Å²) in [6.45, 7) is 2.33. The number of alkyl halides is 1. The van der Waals surface area contributed by atoms with E-state index < -0.39 is 7.44 Å². The van der Waals surface area contributed by atoms with E-state index in [-0.39, 0.29) is 3.42 Å². The maximum Gasteiger partial charge on any atom is 0.301 e. The molecule has 6 heteroatoms. The SMILES string of the molecule is CC1(I)c2ccccc2-c2cc3c4cc(-c5ccc6c(c5)N(c5ccccc5)P(=O)(c5ccccc5)N6c5ccccc5)ccc4n(-c4ccccc4)c3cc21. The lowest BCUT2D eigenvalue weighted by molar-refractivity contribution is 0.582. The number of aromatic nitrogens is 1. The Balaban J connectivity index is 1.15. The molecule has 1 aliphatic heterocycles.